The van der Waals surface area contributed by atoms with Gasteiger partial charge in [-0.2, -0.15) is 5.10 Å². The monoisotopic (exact) mass is 333 g/mol. The predicted octanol–water partition coefficient (Wildman–Crippen LogP) is 2.86. The Balaban J connectivity index is 1.71. The quantitative estimate of drug-likeness (QED) is 0.752. The fourth-order valence-electron chi connectivity index (χ4n) is 3.68. The van der Waals surface area contributed by atoms with Crippen molar-refractivity contribution in [3.63, 3.8) is 0 Å². The summed E-state index contributed by atoms with van der Waals surface area (Å²) in [7, 11) is 0. The Bertz CT molecular complexity index is 654. The van der Waals surface area contributed by atoms with Crippen LogP contribution >= 0.6 is 15.9 Å². The molecule has 2 aromatic heterocycles. The van der Waals surface area contributed by atoms with E-state index in [4.69, 9.17) is 0 Å². The summed E-state index contributed by atoms with van der Waals surface area (Å²) < 4.78 is 1.77. The number of fused-ring (bicyclic) bond motifs is 3. The Morgan fingerprint density at radius 2 is 2.00 bits per heavy atom. The lowest BCUT2D eigenvalue weighted by Gasteiger charge is -2.37. The molecule has 5 heteroatoms. The van der Waals surface area contributed by atoms with Gasteiger partial charge in [0.2, 0.25) is 0 Å². The zero-order valence-corrected chi connectivity index (χ0v) is 12.7. The molecule has 0 aromatic carbocycles. The second-order valence-electron chi connectivity index (χ2n) is 5.75. The maximum Gasteiger partial charge on any atom is 0.258 e. The zero-order chi connectivity index (χ0) is 13.7. The summed E-state index contributed by atoms with van der Waals surface area (Å²) in [5.41, 5.74) is 1.63. The van der Waals surface area contributed by atoms with Crippen LogP contribution in [0.25, 0.3) is 5.52 Å². The van der Waals surface area contributed by atoms with E-state index in [0.29, 0.717) is 16.9 Å². The van der Waals surface area contributed by atoms with E-state index in [2.05, 4.69) is 25.9 Å². The molecule has 2 unspecified atom stereocenters. The number of aromatic nitrogens is 2. The van der Waals surface area contributed by atoms with Gasteiger partial charge in [0.05, 0.1) is 17.3 Å². The minimum atomic E-state index is 0.151. The summed E-state index contributed by atoms with van der Waals surface area (Å²) in [6.45, 7) is 0. The molecule has 104 valence electrons. The van der Waals surface area contributed by atoms with Crippen molar-refractivity contribution in [3.8, 4) is 0 Å². The molecule has 2 fully saturated rings. The molecule has 0 N–H and O–H groups in total. The molecule has 20 heavy (non-hydrogen) atoms. The van der Waals surface area contributed by atoms with Gasteiger partial charge in [-0.15, -0.1) is 0 Å². The van der Waals surface area contributed by atoms with Gasteiger partial charge >= 0.3 is 0 Å². The van der Waals surface area contributed by atoms with Crippen molar-refractivity contribution >= 4 is 27.4 Å². The molecule has 2 aromatic rings. The summed E-state index contributed by atoms with van der Waals surface area (Å²) in [5, 5.41) is 4.28. The minimum Gasteiger partial charge on any atom is -0.332 e. The molecule has 4 heterocycles. The Hall–Kier alpha value is -1.36. The first-order chi connectivity index (χ1) is 9.74. The van der Waals surface area contributed by atoms with E-state index in [1.165, 1.54) is 0 Å². The highest BCUT2D eigenvalue weighted by molar-refractivity contribution is 9.09. The highest BCUT2D eigenvalue weighted by atomic mass is 79.9. The lowest BCUT2D eigenvalue weighted by Crippen LogP contribution is -2.46. The summed E-state index contributed by atoms with van der Waals surface area (Å²) in [6, 6.07) is 6.62. The summed E-state index contributed by atoms with van der Waals surface area (Å²) >= 11 is 3.72. The van der Waals surface area contributed by atoms with Crippen molar-refractivity contribution in [1.82, 2.24) is 14.5 Å². The fourth-order valence-corrected chi connectivity index (χ4v) is 4.54. The Kier molecular flexibility index (Phi) is 2.84. The van der Waals surface area contributed by atoms with Gasteiger partial charge < -0.3 is 4.90 Å². The van der Waals surface area contributed by atoms with Gasteiger partial charge in [0.1, 0.15) is 0 Å². The highest BCUT2D eigenvalue weighted by Gasteiger charge is 2.43. The van der Waals surface area contributed by atoms with Crippen molar-refractivity contribution in [3.05, 3.63) is 36.2 Å². The number of carbonyl (C=O) groups excluding carboxylic acids is 1. The molecule has 2 atom stereocenters. The van der Waals surface area contributed by atoms with E-state index in [0.717, 1.165) is 36.8 Å². The van der Waals surface area contributed by atoms with Gasteiger partial charge in [0, 0.05) is 23.1 Å². The van der Waals surface area contributed by atoms with Crippen molar-refractivity contribution in [1.29, 1.82) is 0 Å². The van der Waals surface area contributed by atoms with E-state index in [9.17, 15) is 4.79 Å². The number of amides is 1. The molecule has 2 bridgehead atoms. The second-order valence-corrected chi connectivity index (χ2v) is 7.05. The Morgan fingerprint density at radius 1 is 1.25 bits per heavy atom. The number of halogens is 1. The smallest absolute Gasteiger partial charge is 0.258 e. The van der Waals surface area contributed by atoms with E-state index >= 15 is 0 Å². The molecule has 2 aliphatic heterocycles. The molecule has 1 amide bonds. The number of carbonyl (C=O) groups is 1. The third-order valence-electron chi connectivity index (χ3n) is 4.57. The van der Waals surface area contributed by atoms with Crippen LogP contribution in [0.4, 0.5) is 0 Å². The van der Waals surface area contributed by atoms with E-state index in [1.807, 2.05) is 24.4 Å². The van der Waals surface area contributed by atoms with Crippen LogP contribution in [0.2, 0.25) is 0 Å². The molecule has 0 radical (unpaired) electrons. The van der Waals surface area contributed by atoms with Crippen LogP contribution < -0.4 is 0 Å². The maximum absolute atomic E-state index is 12.9. The molecule has 4 nitrogen and oxygen atoms in total. The van der Waals surface area contributed by atoms with Gasteiger partial charge in [0.25, 0.3) is 5.91 Å². The molecular weight excluding hydrogens is 318 g/mol. The minimum absolute atomic E-state index is 0.151. The average Bonchev–Trinajstić information content (AvgIpc) is 2.98. The molecular formula is C15H16BrN3O. The lowest BCUT2D eigenvalue weighted by molar-refractivity contribution is 0.0605. The van der Waals surface area contributed by atoms with Crippen molar-refractivity contribution < 1.29 is 4.79 Å². The lowest BCUT2D eigenvalue weighted by atomic mass is 10.0. The first-order valence-electron chi connectivity index (χ1n) is 7.13. The normalized spacial score (nSPS) is 29.1. The predicted molar refractivity (Wildman–Crippen MR) is 80.1 cm³/mol. The SMILES string of the molecule is O=C(c1cnn2ccccc12)N1C2CCC1CC(Br)C2. The van der Waals surface area contributed by atoms with Gasteiger partial charge in [-0.05, 0) is 37.8 Å². The van der Waals surface area contributed by atoms with Crippen molar-refractivity contribution in [2.75, 3.05) is 0 Å². The van der Waals surface area contributed by atoms with Crippen LogP contribution in [0.3, 0.4) is 0 Å². The van der Waals surface area contributed by atoms with Crippen LogP contribution in [0, 0.1) is 0 Å². The second kappa shape index (κ2) is 4.58. The molecule has 0 aliphatic carbocycles. The van der Waals surface area contributed by atoms with E-state index in [-0.39, 0.29) is 5.91 Å². The largest absolute Gasteiger partial charge is 0.332 e. The molecule has 2 aliphatic rings. The number of alkyl halides is 1. The zero-order valence-electron chi connectivity index (χ0n) is 11.1. The van der Waals surface area contributed by atoms with Crippen LogP contribution in [-0.4, -0.2) is 37.3 Å². The van der Waals surface area contributed by atoms with E-state index in [1.54, 1.807) is 10.7 Å². The third-order valence-corrected chi connectivity index (χ3v) is 5.31. The van der Waals surface area contributed by atoms with Gasteiger partial charge in [-0.1, -0.05) is 22.0 Å². The summed E-state index contributed by atoms with van der Waals surface area (Å²) in [6.07, 6.45) is 8.00. The number of piperidine rings is 1. The third kappa shape index (κ3) is 1.79. The highest BCUT2D eigenvalue weighted by Crippen LogP contribution is 2.39. The standard InChI is InChI=1S/C15H16BrN3O/c16-10-7-11-4-5-12(8-10)19(11)15(20)13-9-17-18-6-2-1-3-14(13)18/h1-3,6,9-12H,4-5,7-8H2. The number of hydrogen-bond acceptors (Lipinski definition) is 2. The fraction of sp³-hybridized carbons (Fsp3) is 0.467. The maximum atomic E-state index is 12.9. The first kappa shape index (κ1) is 12.4. The van der Waals surface area contributed by atoms with E-state index < -0.39 is 0 Å². The Morgan fingerprint density at radius 3 is 2.75 bits per heavy atom. The van der Waals surface area contributed by atoms with Crippen molar-refractivity contribution in [2.45, 2.75) is 42.6 Å². The van der Waals surface area contributed by atoms with Gasteiger partial charge in [-0.3, -0.25) is 4.79 Å². The number of rotatable bonds is 1. The van der Waals surface area contributed by atoms with Crippen molar-refractivity contribution in [2.24, 2.45) is 0 Å². The van der Waals surface area contributed by atoms with Crippen LogP contribution in [-0.2, 0) is 0 Å². The van der Waals surface area contributed by atoms with Crippen LogP contribution in [0.1, 0.15) is 36.0 Å². The number of hydrogen-bond donors (Lipinski definition) is 0. The van der Waals surface area contributed by atoms with Gasteiger partial charge in [-0.25, -0.2) is 4.52 Å². The number of nitrogens with zero attached hydrogens (tertiary/aromatic N) is 3. The van der Waals surface area contributed by atoms with Crippen LogP contribution in [0.5, 0.6) is 0 Å². The first-order valence-corrected chi connectivity index (χ1v) is 8.04. The average molecular weight is 334 g/mol. The topological polar surface area (TPSA) is 37.6 Å². The number of pyridine rings is 1. The van der Waals surface area contributed by atoms with Crippen LogP contribution in [0.15, 0.2) is 30.6 Å². The Labute approximate surface area is 125 Å². The molecule has 0 saturated carbocycles. The molecule has 2 saturated heterocycles. The van der Waals surface area contributed by atoms with Gasteiger partial charge in [0.15, 0.2) is 0 Å². The summed E-state index contributed by atoms with van der Waals surface area (Å²) in [5.74, 6) is 0.151. The summed E-state index contributed by atoms with van der Waals surface area (Å²) in [4.78, 5) is 15.6. The molecule has 4 rings (SSSR count). The molecule has 0 spiro atoms.